The summed E-state index contributed by atoms with van der Waals surface area (Å²) in [6.07, 6.45) is -1.13. The van der Waals surface area contributed by atoms with E-state index in [0.29, 0.717) is 5.56 Å². The minimum Gasteiger partial charge on any atom is -0.389 e. The lowest BCUT2D eigenvalue weighted by molar-refractivity contribution is 0.102. The van der Waals surface area contributed by atoms with Gasteiger partial charge >= 0.3 is 0 Å². The van der Waals surface area contributed by atoms with Crippen molar-refractivity contribution in [2.24, 2.45) is 0 Å². The molecule has 0 bridgehead atoms. The molecule has 0 saturated heterocycles. The van der Waals surface area contributed by atoms with E-state index in [9.17, 15) is 22.7 Å². The molecule has 1 unspecified atom stereocenters. The maximum absolute atomic E-state index is 12.9. The minimum atomic E-state index is -3.96. The smallest absolute Gasteiger partial charge is 0.245 e. The normalized spacial score (nSPS) is 13.2. The largest absolute Gasteiger partial charge is 0.389 e. The second kappa shape index (κ2) is 6.98. The van der Waals surface area contributed by atoms with Gasteiger partial charge in [-0.2, -0.15) is 4.31 Å². The van der Waals surface area contributed by atoms with E-state index in [4.69, 9.17) is 5.73 Å². The first-order chi connectivity index (χ1) is 11.1. The number of benzene rings is 1. The maximum atomic E-state index is 12.9. The van der Waals surface area contributed by atoms with Crippen LogP contribution >= 0.6 is 11.3 Å². The van der Waals surface area contributed by atoms with Crippen molar-refractivity contribution in [3.05, 3.63) is 46.6 Å². The number of nitrogen functional groups attached to an aromatic ring is 1. The fourth-order valence-electron chi connectivity index (χ4n) is 2.06. The van der Waals surface area contributed by atoms with E-state index in [1.165, 1.54) is 44.3 Å². The van der Waals surface area contributed by atoms with Gasteiger partial charge < -0.3 is 10.8 Å². The summed E-state index contributed by atoms with van der Waals surface area (Å²) in [5.74, 6) is -0.725. The molecule has 130 valence electrons. The summed E-state index contributed by atoms with van der Waals surface area (Å²) < 4.78 is 39.0. The van der Waals surface area contributed by atoms with E-state index in [2.05, 4.69) is 0 Å². The molecule has 0 amide bonds. The number of hydrogen-bond acceptors (Lipinski definition) is 6. The van der Waals surface area contributed by atoms with Gasteiger partial charge in [-0.05, 0) is 30.7 Å². The van der Waals surface area contributed by atoms with Gasteiger partial charge in [0.15, 0.2) is 5.78 Å². The van der Waals surface area contributed by atoms with Crippen molar-refractivity contribution in [2.45, 2.75) is 17.9 Å². The predicted molar refractivity (Wildman–Crippen MR) is 89.9 cm³/mol. The van der Waals surface area contributed by atoms with Gasteiger partial charge in [0, 0.05) is 13.6 Å². The molecule has 0 fully saturated rings. The standard InChI is InChI=1S/C15H17FN2O4S2/c1-9(19)13-7-14(15(17)23-13)24(21,22)18(2)8-12(20)10-3-5-11(16)6-4-10/h3-7,12,20H,8,17H2,1-2H3. The molecule has 0 spiro atoms. The lowest BCUT2D eigenvalue weighted by Crippen LogP contribution is -2.31. The number of nitrogens with two attached hydrogens (primary N) is 1. The molecule has 0 radical (unpaired) electrons. The number of aliphatic hydroxyl groups excluding tert-OH is 1. The van der Waals surface area contributed by atoms with Gasteiger partial charge in [-0.1, -0.05) is 12.1 Å². The fraction of sp³-hybridized carbons (Fsp3) is 0.267. The first kappa shape index (κ1) is 18.5. The summed E-state index contributed by atoms with van der Waals surface area (Å²) in [6, 6.07) is 6.37. The summed E-state index contributed by atoms with van der Waals surface area (Å²) in [5.41, 5.74) is 6.11. The van der Waals surface area contributed by atoms with Crippen LogP contribution < -0.4 is 5.73 Å². The Labute approximate surface area is 143 Å². The SMILES string of the molecule is CC(=O)c1cc(S(=O)(=O)N(C)CC(O)c2ccc(F)cc2)c(N)s1. The van der Waals surface area contributed by atoms with E-state index in [0.717, 1.165) is 15.6 Å². The Morgan fingerprint density at radius 2 is 1.96 bits per heavy atom. The number of Topliss-reactive ketones (excluding diaryl/α,β-unsaturated/α-hetero) is 1. The Balaban J connectivity index is 2.22. The van der Waals surface area contributed by atoms with Crippen molar-refractivity contribution in [1.29, 1.82) is 0 Å². The average molecular weight is 372 g/mol. The molecule has 1 atom stereocenters. The summed E-state index contributed by atoms with van der Waals surface area (Å²) in [6.45, 7) is 1.09. The number of rotatable bonds is 6. The van der Waals surface area contributed by atoms with Crippen LogP contribution in [0.5, 0.6) is 0 Å². The molecule has 0 aliphatic carbocycles. The van der Waals surface area contributed by atoms with Gasteiger partial charge in [0.25, 0.3) is 0 Å². The van der Waals surface area contributed by atoms with Crippen LogP contribution in [0.25, 0.3) is 0 Å². The van der Waals surface area contributed by atoms with Gasteiger partial charge in [0.1, 0.15) is 15.7 Å². The van der Waals surface area contributed by atoms with Gasteiger partial charge in [-0.15, -0.1) is 11.3 Å². The minimum absolute atomic E-state index is 0.0170. The van der Waals surface area contributed by atoms with Crippen molar-refractivity contribution in [2.75, 3.05) is 19.3 Å². The number of thiophene rings is 1. The first-order valence-electron chi connectivity index (χ1n) is 6.93. The molecule has 6 nitrogen and oxygen atoms in total. The van der Waals surface area contributed by atoms with Crippen molar-refractivity contribution >= 4 is 32.1 Å². The van der Waals surface area contributed by atoms with Crippen LogP contribution in [0, 0.1) is 5.82 Å². The second-order valence-corrected chi connectivity index (χ2v) is 8.35. The molecule has 0 saturated carbocycles. The molecule has 1 heterocycles. The number of nitrogens with zero attached hydrogens (tertiary/aromatic N) is 1. The number of anilines is 1. The Morgan fingerprint density at radius 1 is 1.38 bits per heavy atom. The van der Waals surface area contributed by atoms with Gasteiger partial charge in [0.05, 0.1) is 11.0 Å². The van der Waals surface area contributed by atoms with Crippen LogP contribution in [-0.2, 0) is 10.0 Å². The molecule has 3 N–H and O–H groups in total. The highest BCUT2D eigenvalue weighted by Gasteiger charge is 2.28. The van der Waals surface area contributed by atoms with Gasteiger partial charge in [-0.25, -0.2) is 12.8 Å². The number of carbonyl (C=O) groups excluding carboxylic acids is 1. The van der Waals surface area contributed by atoms with Crippen molar-refractivity contribution in [3.63, 3.8) is 0 Å². The zero-order valence-corrected chi connectivity index (χ0v) is 14.7. The predicted octanol–water partition coefficient (Wildman–Crippen LogP) is 2.03. The third-order valence-electron chi connectivity index (χ3n) is 3.44. The molecule has 2 aromatic rings. The van der Waals surface area contributed by atoms with Crippen LogP contribution in [0.4, 0.5) is 9.39 Å². The van der Waals surface area contributed by atoms with Crippen molar-refractivity contribution in [3.8, 4) is 0 Å². The number of sulfonamides is 1. The first-order valence-corrected chi connectivity index (χ1v) is 9.18. The number of carbonyl (C=O) groups is 1. The number of aliphatic hydroxyl groups is 1. The highest BCUT2D eigenvalue weighted by atomic mass is 32.2. The lowest BCUT2D eigenvalue weighted by Gasteiger charge is -2.20. The van der Waals surface area contributed by atoms with E-state index < -0.39 is 21.9 Å². The Morgan fingerprint density at radius 3 is 2.46 bits per heavy atom. The highest BCUT2D eigenvalue weighted by molar-refractivity contribution is 7.89. The van der Waals surface area contributed by atoms with Crippen molar-refractivity contribution < 1.29 is 22.7 Å². The average Bonchev–Trinajstić information content (AvgIpc) is 2.90. The Bertz CT molecular complexity index is 847. The fourth-order valence-corrected chi connectivity index (χ4v) is 4.49. The molecule has 0 aliphatic rings. The molecule has 9 heteroatoms. The van der Waals surface area contributed by atoms with E-state index in [-0.39, 0.29) is 27.1 Å². The van der Waals surface area contributed by atoms with Gasteiger partial charge in [0.2, 0.25) is 10.0 Å². The topological polar surface area (TPSA) is 101 Å². The van der Waals surface area contributed by atoms with E-state index >= 15 is 0 Å². The van der Waals surface area contributed by atoms with E-state index in [1.807, 2.05) is 0 Å². The zero-order valence-electron chi connectivity index (χ0n) is 13.1. The van der Waals surface area contributed by atoms with E-state index in [1.54, 1.807) is 0 Å². The van der Waals surface area contributed by atoms with Crippen LogP contribution in [0.15, 0.2) is 35.2 Å². The molecular weight excluding hydrogens is 355 g/mol. The third kappa shape index (κ3) is 3.81. The molecule has 1 aromatic heterocycles. The van der Waals surface area contributed by atoms with Crippen LogP contribution in [0.2, 0.25) is 0 Å². The second-order valence-electron chi connectivity index (χ2n) is 5.25. The number of ketones is 1. The number of hydrogen-bond donors (Lipinski definition) is 2. The Kier molecular flexibility index (Phi) is 5.38. The van der Waals surface area contributed by atoms with Crippen LogP contribution in [0.1, 0.15) is 28.3 Å². The van der Waals surface area contributed by atoms with Crippen LogP contribution in [-0.4, -0.2) is 37.2 Å². The number of halogens is 1. The summed E-state index contributed by atoms with van der Waals surface area (Å²) >= 11 is 0.902. The quantitative estimate of drug-likeness (QED) is 0.756. The monoisotopic (exact) mass is 372 g/mol. The Hall–Kier alpha value is -1.81. The lowest BCUT2D eigenvalue weighted by atomic mass is 10.1. The highest BCUT2D eigenvalue weighted by Crippen LogP contribution is 2.31. The summed E-state index contributed by atoms with van der Waals surface area (Å²) in [5, 5.41) is 10.2. The number of likely N-dealkylation sites (N-methyl/N-ethyl adjacent to an activating group) is 1. The third-order valence-corrected chi connectivity index (χ3v) is 6.50. The molecule has 24 heavy (non-hydrogen) atoms. The summed E-state index contributed by atoms with van der Waals surface area (Å²) in [7, 11) is -2.66. The zero-order chi connectivity index (χ0) is 18.1. The molecule has 0 aliphatic heterocycles. The van der Waals surface area contributed by atoms with Gasteiger partial charge in [-0.3, -0.25) is 4.79 Å². The summed E-state index contributed by atoms with van der Waals surface area (Å²) in [4.78, 5) is 11.5. The maximum Gasteiger partial charge on any atom is 0.245 e. The molecular formula is C15H17FN2O4S2. The van der Waals surface area contributed by atoms with Crippen molar-refractivity contribution in [1.82, 2.24) is 4.31 Å². The molecule has 2 rings (SSSR count). The van der Waals surface area contributed by atoms with Crippen LogP contribution in [0.3, 0.4) is 0 Å². The molecule has 1 aromatic carbocycles.